The van der Waals surface area contributed by atoms with Gasteiger partial charge in [-0.15, -0.1) is 0 Å². The zero-order chi connectivity index (χ0) is 14.8. The smallest absolute Gasteiger partial charge is 0.207 e. The van der Waals surface area contributed by atoms with Gasteiger partial charge in [0, 0.05) is 23.3 Å². The highest BCUT2D eigenvalue weighted by molar-refractivity contribution is 8.14. The Bertz CT molecular complexity index is 653. The number of rotatable bonds is 5. The Hall–Kier alpha value is -0.630. The minimum absolute atomic E-state index is 0.247. The first-order valence-electron chi connectivity index (χ1n) is 5.68. The molecule has 0 unspecified atom stereocenters. The summed E-state index contributed by atoms with van der Waals surface area (Å²) in [5.41, 5.74) is 0. The molecule has 0 spiro atoms. The van der Waals surface area contributed by atoms with E-state index >= 15 is 0 Å². The minimum Gasteiger partial charge on any atom is -0.207 e. The van der Waals surface area contributed by atoms with Crippen molar-refractivity contribution >= 4 is 29.8 Å². The Balaban J connectivity index is 3.55. The van der Waals surface area contributed by atoms with Gasteiger partial charge < -0.3 is 0 Å². The third-order valence-corrected chi connectivity index (χ3v) is 6.30. The maximum absolute atomic E-state index is 12.5. The fraction of sp³-hybridized carbons (Fsp3) is 0.455. The predicted octanol–water partition coefficient (Wildman–Crippen LogP) is 2.03. The second-order valence-electron chi connectivity index (χ2n) is 4.19. The Morgan fingerprint density at radius 2 is 1.58 bits per heavy atom. The van der Waals surface area contributed by atoms with E-state index in [-0.39, 0.29) is 17.5 Å². The molecule has 0 aliphatic heterocycles. The van der Waals surface area contributed by atoms with Crippen LogP contribution >= 0.6 is 10.7 Å². The van der Waals surface area contributed by atoms with Gasteiger partial charge in [-0.1, -0.05) is 19.1 Å². The van der Waals surface area contributed by atoms with Gasteiger partial charge in [-0.25, -0.2) is 16.8 Å². The van der Waals surface area contributed by atoms with Crippen LogP contribution in [0.15, 0.2) is 34.1 Å². The number of benzene rings is 1. The average molecular weight is 326 g/mol. The SMILES string of the molecule is CCN(C(C)C)S(=O)(=O)c1ccccc1S(=O)(=O)Cl. The molecular formula is C11H16ClNO4S2. The van der Waals surface area contributed by atoms with Crippen LogP contribution in [0.5, 0.6) is 0 Å². The molecule has 5 nitrogen and oxygen atoms in total. The van der Waals surface area contributed by atoms with E-state index in [1.165, 1.54) is 28.6 Å². The minimum atomic E-state index is -4.12. The van der Waals surface area contributed by atoms with Gasteiger partial charge in [0.05, 0.1) is 0 Å². The summed E-state index contributed by atoms with van der Waals surface area (Å²) in [4.78, 5) is -0.684. The van der Waals surface area contributed by atoms with Gasteiger partial charge in [-0.3, -0.25) is 0 Å². The van der Waals surface area contributed by atoms with E-state index < -0.39 is 24.0 Å². The quantitative estimate of drug-likeness (QED) is 0.777. The van der Waals surface area contributed by atoms with Crippen molar-refractivity contribution in [1.29, 1.82) is 0 Å². The van der Waals surface area contributed by atoms with Crippen molar-refractivity contribution in [2.45, 2.75) is 36.6 Å². The molecule has 1 rings (SSSR count). The summed E-state index contributed by atoms with van der Waals surface area (Å²) >= 11 is 0. The fourth-order valence-electron chi connectivity index (χ4n) is 1.80. The van der Waals surface area contributed by atoms with Gasteiger partial charge in [0.2, 0.25) is 10.0 Å². The van der Waals surface area contributed by atoms with Gasteiger partial charge in [0.25, 0.3) is 9.05 Å². The van der Waals surface area contributed by atoms with Crippen LogP contribution in [0.25, 0.3) is 0 Å². The van der Waals surface area contributed by atoms with Crippen LogP contribution in [0, 0.1) is 0 Å². The first kappa shape index (κ1) is 16.4. The maximum atomic E-state index is 12.5. The third-order valence-electron chi connectivity index (χ3n) is 2.59. The fourth-order valence-corrected chi connectivity index (χ4v) is 5.26. The molecular weight excluding hydrogens is 310 g/mol. The van der Waals surface area contributed by atoms with Crippen molar-refractivity contribution in [1.82, 2.24) is 4.31 Å². The Morgan fingerprint density at radius 1 is 1.11 bits per heavy atom. The van der Waals surface area contributed by atoms with Gasteiger partial charge in [0.1, 0.15) is 9.79 Å². The molecule has 0 amide bonds. The largest absolute Gasteiger partial charge is 0.262 e. The van der Waals surface area contributed by atoms with E-state index in [4.69, 9.17) is 10.7 Å². The zero-order valence-corrected chi connectivity index (χ0v) is 13.3. The topological polar surface area (TPSA) is 71.5 Å². The Labute approximate surface area is 118 Å². The normalized spacial score (nSPS) is 13.2. The summed E-state index contributed by atoms with van der Waals surface area (Å²) in [6.07, 6.45) is 0. The summed E-state index contributed by atoms with van der Waals surface area (Å²) in [7, 11) is -2.73. The van der Waals surface area contributed by atoms with Gasteiger partial charge in [-0.2, -0.15) is 4.31 Å². The molecule has 8 heteroatoms. The second-order valence-corrected chi connectivity index (χ2v) is 8.58. The summed E-state index contributed by atoms with van der Waals surface area (Å²) in [6, 6.07) is 5.05. The second kappa shape index (κ2) is 5.78. The molecule has 0 saturated carbocycles. The van der Waals surface area contributed by atoms with Crippen molar-refractivity contribution in [2.75, 3.05) is 6.54 Å². The molecule has 0 radical (unpaired) electrons. The average Bonchev–Trinajstić information content (AvgIpc) is 2.27. The van der Waals surface area contributed by atoms with Crippen molar-refractivity contribution in [3.63, 3.8) is 0 Å². The zero-order valence-electron chi connectivity index (χ0n) is 10.9. The summed E-state index contributed by atoms with van der Waals surface area (Å²) in [6.45, 7) is 5.38. The molecule has 1 aromatic rings. The van der Waals surface area contributed by atoms with E-state index in [9.17, 15) is 16.8 Å². The van der Waals surface area contributed by atoms with Crippen LogP contribution in [-0.2, 0) is 19.1 Å². The monoisotopic (exact) mass is 325 g/mol. The lowest BCUT2D eigenvalue weighted by molar-refractivity contribution is 0.368. The Kier molecular flexibility index (Phi) is 5.00. The third kappa shape index (κ3) is 3.47. The van der Waals surface area contributed by atoms with Crippen molar-refractivity contribution < 1.29 is 16.8 Å². The number of sulfonamides is 1. The van der Waals surface area contributed by atoms with Crippen LogP contribution in [0.3, 0.4) is 0 Å². The van der Waals surface area contributed by atoms with Gasteiger partial charge >= 0.3 is 0 Å². The Morgan fingerprint density at radius 3 is 1.95 bits per heavy atom. The summed E-state index contributed by atoms with van der Waals surface area (Å²) < 4.78 is 49.1. The van der Waals surface area contributed by atoms with Gasteiger partial charge in [-0.05, 0) is 26.0 Å². The highest BCUT2D eigenvalue weighted by Gasteiger charge is 2.30. The molecule has 0 bridgehead atoms. The van der Waals surface area contributed by atoms with E-state index in [1.807, 2.05) is 0 Å². The van der Waals surface area contributed by atoms with E-state index in [0.29, 0.717) is 0 Å². The first-order valence-corrected chi connectivity index (χ1v) is 9.42. The standard InChI is InChI=1S/C11H16ClNO4S2/c1-4-13(9(2)3)19(16,17)11-8-6-5-7-10(11)18(12,14)15/h5-9H,4H2,1-3H3. The number of nitrogens with zero attached hydrogens (tertiary/aromatic N) is 1. The maximum Gasteiger partial charge on any atom is 0.262 e. The van der Waals surface area contributed by atoms with Crippen molar-refractivity contribution in [3.8, 4) is 0 Å². The molecule has 0 saturated heterocycles. The van der Waals surface area contributed by atoms with Gasteiger partial charge in [0.15, 0.2) is 0 Å². The molecule has 0 atom stereocenters. The molecule has 0 N–H and O–H groups in total. The first-order chi connectivity index (χ1) is 8.62. The number of halogens is 1. The van der Waals surface area contributed by atoms with Crippen LogP contribution < -0.4 is 0 Å². The lowest BCUT2D eigenvalue weighted by atomic mass is 10.4. The highest BCUT2D eigenvalue weighted by Crippen LogP contribution is 2.27. The summed E-state index contributed by atoms with van der Waals surface area (Å²) in [5, 5.41) is 0. The highest BCUT2D eigenvalue weighted by atomic mass is 35.7. The van der Waals surface area contributed by atoms with Crippen LogP contribution in [0.1, 0.15) is 20.8 Å². The molecule has 0 aliphatic carbocycles. The number of hydrogen-bond acceptors (Lipinski definition) is 4. The van der Waals surface area contributed by atoms with Crippen LogP contribution in [0.4, 0.5) is 0 Å². The molecule has 0 heterocycles. The predicted molar refractivity (Wildman–Crippen MR) is 74.2 cm³/mol. The molecule has 108 valence electrons. The van der Waals surface area contributed by atoms with Crippen molar-refractivity contribution in [2.24, 2.45) is 0 Å². The van der Waals surface area contributed by atoms with E-state index in [0.717, 1.165) is 0 Å². The lowest BCUT2D eigenvalue weighted by Gasteiger charge is -2.25. The van der Waals surface area contributed by atoms with E-state index in [2.05, 4.69) is 0 Å². The molecule has 0 aliphatic rings. The number of hydrogen-bond donors (Lipinski definition) is 0. The summed E-state index contributed by atoms with van der Waals surface area (Å²) in [5.74, 6) is 0. The molecule has 0 aromatic heterocycles. The van der Waals surface area contributed by atoms with E-state index in [1.54, 1.807) is 20.8 Å². The molecule has 19 heavy (non-hydrogen) atoms. The van der Waals surface area contributed by atoms with Crippen molar-refractivity contribution in [3.05, 3.63) is 24.3 Å². The van der Waals surface area contributed by atoms with Crippen LogP contribution in [-0.4, -0.2) is 33.7 Å². The lowest BCUT2D eigenvalue weighted by Crippen LogP contribution is -2.37. The molecule has 1 aromatic carbocycles. The molecule has 0 fully saturated rings. The van der Waals surface area contributed by atoms with Crippen LogP contribution in [0.2, 0.25) is 0 Å².